The summed E-state index contributed by atoms with van der Waals surface area (Å²) in [6.07, 6.45) is 0. The van der Waals surface area contributed by atoms with Gasteiger partial charge in [0.25, 0.3) is 0 Å². The number of nitrogens with one attached hydrogen (secondary N) is 1. The number of H-pyrrole nitrogens is 1. The Hall–Kier alpha value is -1.59. The Kier molecular flexibility index (Phi) is 4.34. The standard InChI is InChI=1S/C22H28NP/c1-21(2,3)24(22(4,5)6)20-19(16-12-8-7-9-13-16)17-14-10-11-15-18(17)23-20/h7-15,23H,1-6H3. The maximum absolute atomic E-state index is 3.80. The summed E-state index contributed by atoms with van der Waals surface area (Å²) in [6, 6.07) is 19.5. The normalized spacial score (nSPS) is 13.0. The molecule has 0 amide bonds. The minimum atomic E-state index is -0.385. The molecule has 3 aromatic rings. The summed E-state index contributed by atoms with van der Waals surface area (Å²) in [6.45, 7) is 14.3. The first-order valence-corrected chi connectivity index (χ1v) is 10.0. The van der Waals surface area contributed by atoms with Gasteiger partial charge in [-0.15, -0.1) is 0 Å². The van der Waals surface area contributed by atoms with Gasteiger partial charge in [0, 0.05) is 21.9 Å². The number of rotatable bonds is 2. The lowest BCUT2D eigenvalue weighted by Gasteiger charge is -2.41. The van der Waals surface area contributed by atoms with Crippen LogP contribution in [0, 0.1) is 0 Å². The Morgan fingerprint density at radius 3 is 1.83 bits per heavy atom. The van der Waals surface area contributed by atoms with Crippen LogP contribution >= 0.6 is 7.92 Å². The van der Waals surface area contributed by atoms with Crippen molar-refractivity contribution < 1.29 is 0 Å². The van der Waals surface area contributed by atoms with Gasteiger partial charge in [0.2, 0.25) is 0 Å². The molecule has 24 heavy (non-hydrogen) atoms. The van der Waals surface area contributed by atoms with Gasteiger partial charge in [-0.1, -0.05) is 90.1 Å². The van der Waals surface area contributed by atoms with Crippen molar-refractivity contribution in [2.75, 3.05) is 0 Å². The van der Waals surface area contributed by atoms with E-state index in [1.54, 1.807) is 0 Å². The maximum atomic E-state index is 3.80. The molecule has 0 aliphatic rings. The second-order valence-electron chi connectivity index (χ2n) is 8.44. The highest BCUT2D eigenvalue weighted by Gasteiger charge is 2.38. The van der Waals surface area contributed by atoms with Gasteiger partial charge in [-0.2, -0.15) is 0 Å². The van der Waals surface area contributed by atoms with Gasteiger partial charge in [0.15, 0.2) is 0 Å². The molecule has 3 rings (SSSR count). The maximum Gasteiger partial charge on any atom is 0.0484 e. The van der Waals surface area contributed by atoms with Gasteiger partial charge in [0.1, 0.15) is 0 Å². The van der Waals surface area contributed by atoms with Crippen LogP contribution in [0.2, 0.25) is 0 Å². The Morgan fingerprint density at radius 1 is 0.708 bits per heavy atom. The fourth-order valence-electron chi connectivity index (χ4n) is 3.87. The van der Waals surface area contributed by atoms with E-state index in [0.29, 0.717) is 0 Å². The van der Waals surface area contributed by atoms with Gasteiger partial charge in [-0.05, 0) is 29.9 Å². The number of hydrogen-bond acceptors (Lipinski definition) is 0. The van der Waals surface area contributed by atoms with Crippen molar-refractivity contribution in [2.45, 2.75) is 51.9 Å². The van der Waals surface area contributed by atoms with E-state index in [2.05, 4.69) is 101 Å². The van der Waals surface area contributed by atoms with Gasteiger partial charge < -0.3 is 4.98 Å². The highest BCUT2D eigenvalue weighted by molar-refractivity contribution is 7.68. The summed E-state index contributed by atoms with van der Waals surface area (Å²) in [7, 11) is -0.385. The Labute approximate surface area is 147 Å². The smallest absolute Gasteiger partial charge is 0.0484 e. The van der Waals surface area contributed by atoms with E-state index in [1.165, 1.54) is 27.5 Å². The molecule has 0 saturated carbocycles. The van der Waals surface area contributed by atoms with Crippen LogP contribution in [0.4, 0.5) is 0 Å². The summed E-state index contributed by atoms with van der Waals surface area (Å²) in [4.78, 5) is 3.80. The Bertz CT molecular complexity index is 818. The van der Waals surface area contributed by atoms with Crippen LogP contribution < -0.4 is 5.44 Å². The largest absolute Gasteiger partial charge is 0.354 e. The highest BCUT2D eigenvalue weighted by Crippen LogP contribution is 2.59. The molecule has 126 valence electrons. The molecule has 2 heteroatoms. The third kappa shape index (κ3) is 3.15. The Balaban J connectivity index is 2.35. The summed E-state index contributed by atoms with van der Waals surface area (Å²) in [5, 5.41) is 1.80. The number of para-hydroxylation sites is 1. The monoisotopic (exact) mass is 337 g/mol. The summed E-state index contributed by atoms with van der Waals surface area (Å²) in [5.41, 5.74) is 5.37. The van der Waals surface area contributed by atoms with Crippen LogP contribution in [-0.2, 0) is 0 Å². The summed E-state index contributed by atoms with van der Waals surface area (Å²) >= 11 is 0. The molecule has 0 aliphatic heterocycles. The van der Waals surface area contributed by atoms with E-state index >= 15 is 0 Å². The molecular weight excluding hydrogens is 309 g/mol. The van der Waals surface area contributed by atoms with Crippen LogP contribution in [-0.4, -0.2) is 15.3 Å². The van der Waals surface area contributed by atoms with Gasteiger partial charge in [-0.3, -0.25) is 0 Å². The van der Waals surface area contributed by atoms with E-state index < -0.39 is 0 Å². The molecular formula is C22H28NP. The van der Waals surface area contributed by atoms with Crippen LogP contribution in [0.3, 0.4) is 0 Å². The van der Waals surface area contributed by atoms with Crippen molar-refractivity contribution in [1.29, 1.82) is 0 Å². The van der Waals surface area contributed by atoms with Crippen LogP contribution in [0.25, 0.3) is 22.0 Å². The summed E-state index contributed by atoms with van der Waals surface area (Å²) in [5.74, 6) is 0. The van der Waals surface area contributed by atoms with Gasteiger partial charge in [0.05, 0.1) is 0 Å². The zero-order chi connectivity index (χ0) is 17.5. The van der Waals surface area contributed by atoms with Crippen molar-refractivity contribution in [3.05, 3.63) is 54.6 Å². The molecule has 0 saturated heterocycles. The molecule has 0 unspecified atom stereocenters. The Morgan fingerprint density at radius 2 is 1.25 bits per heavy atom. The lowest BCUT2D eigenvalue weighted by atomic mass is 10.1. The molecule has 0 bridgehead atoms. The lowest BCUT2D eigenvalue weighted by molar-refractivity contribution is 0.714. The van der Waals surface area contributed by atoms with Crippen LogP contribution in [0.5, 0.6) is 0 Å². The number of aromatic amines is 1. The quantitative estimate of drug-likeness (QED) is 0.511. The molecule has 1 nitrogen and oxygen atoms in total. The molecule has 1 heterocycles. The van der Waals surface area contributed by atoms with Crippen molar-refractivity contribution in [2.24, 2.45) is 0 Å². The molecule has 1 aromatic heterocycles. The fraction of sp³-hybridized carbons (Fsp3) is 0.364. The number of fused-ring (bicyclic) bond motifs is 1. The molecule has 0 radical (unpaired) electrons. The first-order valence-electron chi connectivity index (χ1n) is 8.66. The molecule has 1 N–H and O–H groups in total. The average Bonchev–Trinajstić information content (AvgIpc) is 2.83. The van der Waals surface area contributed by atoms with Crippen LogP contribution in [0.15, 0.2) is 54.6 Å². The first-order chi connectivity index (χ1) is 11.2. The zero-order valence-electron chi connectivity index (χ0n) is 15.6. The predicted octanol–water partition coefficient (Wildman–Crippen LogP) is 6.54. The van der Waals surface area contributed by atoms with Crippen molar-refractivity contribution in [3.63, 3.8) is 0 Å². The molecule has 0 aliphatic carbocycles. The van der Waals surface area contributed by atoms with E-state index in [9.17, 15) is 0 Å². The highest BCUT2D eigenvalue weighted by atomic mass is 31.1. The predicted molar refractivity (Wildman–Crippen MR) is 110 cm³/mol. The third-order valence-electron chi connectivity index (χ3n) is 4.31. The second kappa shape index (κ2) is 6.05. The molecule has 2 aromatic carbocycles. The van der Waals surface area contributed by atoms with E-state index in [-0.39, 0.29) is 18.2 Å². The summed E-state index contributed by atoms with van der Waals surface area (Å²) < 4.78 is 0. The topological polar surface area (TPSA) is 15.8 Å². The van der Waals surface area contributed by atoms with Gasteiger partial charge in [-0.25, -0.2) is 0 Å². The third-order valence-corrected chi connectivity index (χ3v) is 7.78. The van der Waals surface area contributed by atoms with Gasteiger partial charge >= 0.3 is 0 Å². The van der Waals surface area contributed by atoms with Crippen molar-refractivity contribution in [1.82, 2.24) is 4.98 Å². The molecule has 0 fully saturated rings. The lowest BCUT2D eigenvalue weighted by Crippen LogP contribution is -2.32. The number of benzene rings is 2. The minimum Gasteiger partial charge on any atom is -0.354 e. The van der Waals surface area contributed by atoms with E-state index in [0.717, 1.165) is 0 Å². The van der Waals surface area contributed by atoms with Crippen molar-refractivity contribution >= 4 is 24.3 Å². The number of aromatic nitrogens is 1. The second-order valence-corrected chi connectivity index (χ2v) is 12.2. The van der Waals surface area contributed by atoms with E-state index in [4.69, 9.17) is 0 Å². The minimum absolute atomic E-state index is 0.234. The SMILES string of the molecule is CC(C)(C)P(c1[nH]c2ccccc2c1-c1ccccc1)C(C)(C)C. The van der Waals surface area contributed by atoms with E-state index in [1.807, 2.05) is 0 Å². The van der Waals surface area contributed by atoms with Crippen LogP contribution in [0.1, 0.15) is 41.5 Å². The van der Waals surface area contributed by atoms with Crippen molar-refractivity contribution in [3.8, 4) is 11.1 Å². The zero-order valence-corrected chi connectivity index (χ0v) is 16.5. The average molecular weight is 337 g/mol. The molecule has 0 atom stereocenters. The first kappa shape index (κ1) is 17.2. The molecule has 0 spiro atoms. The number of hydrogen-bond donors (Lipinski definition) is 1. The fourth-order valence-corrected chi connectivity index (χ4v) is 7.93.